The molecule has 66 valence electrons. The number of ether oxygens (including phenoxy) is 1. The van der Waals surface area contributed by atoms with Crippen molar-refractivity contribution in [3.8, 4) is 5.75 Å². The molecule has 0 amide bonds. The fourth-order valence-corrected chi connectivity index (χ4v) is 1.37. The van der Waals surface area contributed by atoms with Crippen LogP contribution in [0.15, 0.2) is 22.7 Å². The molecule has 0 saturated carbocycles. The van der Waals surface area contributed by atoms with Crippen molar-refractivity contribution in [1.29, 1.82) is 0 Å². The third-order valence-electron chi connectivity index (χ3n) is 1.70. The topological polar surface area (TPSA) is 35.2 Å². The maximum absolute atomic E-state index is 5.72. The van der Waals surface area contributed by atoms with Crippen molar-refractivity contribution in [1.82, 2.24) is 0 Å². The van der Waals surface area contributed by atoms with Gasteiger partial charge in [0, 0.05) is 6.04 Å². The van der Waals surface area contributed by atoms with Crippen LogP contribution < -0.4 is 10.5 Å². The van der Waals surface area contributed by atoms with Gasteiger partial charge in [0.15, 0.2) is 0 Å². The predicted molar refractivity (Wildman–Crippen MR) is 53.3 cm³/mol. The minimum absolute atomic E-state index is 0.0481. The molecule has 0 aliphatic carbocycles. The first-order chi connectivity index (χ1) is 5.65. The molecule has 0 fully saturated rings. The summed E-state index contributed by atoms with van der Waals surface area (Å²) >= 11 is 3.37. The lowest BCUT2D eigenvalue weighted by atomic mass is 10.1. The summed E-state index contributed by atoms with van der Waals surface area (Å²) in [6.45, 7) is 1.95. The van der Waals surface area contributed by atoms with Crippen LogP contribution in [0.25, 0.3) is 0 Å². The van der Waals surface area contributed by atoms with E-state index in [1.165, 1.54) is 0 Å². The second-order valence-corrected chi connectivity index (χ2v) is 3.54. The fourth-order valence-electron chi connectivity index (χ4n) is 0.960. The molecule has 1 rings (SSSR count). The smallest absolute Gasteiger partial charge is 0.133 e. The van der Waals surface area contributed by atoms with Crippen molar-refractivity contribution in [3.05, 3.63) is 28.2 Å². The first-order valence-corrected chi connectivity index (χ1v) is 4.53. The highest BCUT2D eigenvalue weighted by Gasteiger charge is 2.03. The van der Waals surface area contributed by atoms with Crippen LogP contribution in [0.3, 0.4) is 0 Å². The maximum Gasteiger partial charge on any atom is 0.133 e. The van der Waals surface area contributed by atoms with Crippen molar-refractivity contribution in [3.63, 3.8) is 0 Å². The molecule has 0 aromatic heterocycles. The molecule has 0 saturated heterocycles. The summed E-state index contributed by atoms with van der Waals surface area (Å²) in [6, 6.07) is 5.91. The first-order valence-electron chi connectivity index (χ1n) is 3.74. The molecule has 1 unspecified atom stereocenters. The summed E-state index contributed by atoms with van der Waals surface area (Å²) < 4.78 is 6.09. The molecule has 1 atom stereocenters. The number of nitrogens with two attached hydrogens (primary N) is 1. The molecule has 0 bridgehead atoms. The minimum Gasteiger partial charge on any atom is -0.496 e. The monoisotopic (exact) mass is 229 g/mol. The van der Waals surface area contributed by atoms with Crippen LogP contribution in [-0.4, -0.2) is 7.11 Å². The Labute approximate surface area is 80.8 Å². The van der Waals surface area contributed by atoms with Gasteiger partial charge in [-0.3, -0.25) is 0 Å². The van der Waals surface area contributed by atoms with Gasteiger partial charge >= 0.3 is 0 Å². The van der Waals surface area contributed by atoms with Crippen LogP contribution in [0, 0.1) is 0 Å². The zero-order valence-corrected chi connectivity index (χ0v) is 8.76. The Morgan fingerprint density at radius 1 is 1.50 bits per heavy atom. The second-order valence-electron chi connectivity index (χ2n) is 2.68. The van der Waals surface area contributed by atoms with Gasteiger partial charge in [0.25, 0.3) is 0 Å². The molecule has 0 aliphatic rings. The Balaban J connectivity index is 3.05. The van der Waals surface area contributed by atoms with Crippen LogP contribution in [-0.2, 0) is 0 Å². The number of hydrogen-bond donors (Lipinski definition) is 1. The Hall–Kier alpha value is -0.540. The van der Waals surface area contributed by atoms with E-state index >= 15 is 0 Å². The normalized spacial score (nSPS) is 12.7. The third kappa shape index (κ3) is 1.99. The molecule has 1 aromatic rings. The van der Waals surface area contributed by atoms with E-state index in [0.29, 0.717) is 0 Å². The van der Waals surface area contributed by atoms with Gasteiger partial charge in [-0.05, 0) is 40.5 Å². The van der Waals surface area contributed by atoms with Crippen LogP contribution in [0.1, 0.15) is 18.5 Å². The minimum atomic E-state index is 0.0481. The zero-order chi connectivity index (χ0) is 9.14. The van der Waals surface area contributed by atoms with E-state index in [0.717, 1.165) is 15.8 Å². The zero-order valence-electron chi connectivity index (χ0n) is 7.17. The molecule has 0 aliphatic heterocycles. The van der Waals surface area contributed by atoms with E-state index in [1.807, 2.05) is 25.1 Å². The highest BCUT2D eigenvalue weighted by atomic mass is 79.9. The van der Waals surface area contributed by atoms with E-state index in [1.54, 1.807) is 7.11 Å². The molecule has 0 radical (unpaired) electrons. The fraction of sp³-hybridized carbons (Fsp3) is 0.333. The van der Waals surface area contributed by atoms with Crippen molar-refractivity contribution < 1.29 is 4.74 Å². The second kappa shape index (κ2) is 3.92. The van der Waals surface area contributed by atoms with Crippen LogP contribution in [0.4, 0.5) is 0 Å². The molecule has 0 spiro atoms. The standard InChI is InChI=1S/C9H12BrNO/c1-6(11)7-3-4-8(10)9(5-7)12-2/h3-6H,11H2,1-2H3. The molecule has 3 heteroatoms. The summed E-state index contributed by atoms with van der Waals surface area (Å²) in [7, 11) is 1.64. The van der Waals surface area contributed by atoms with Crippen molar-refractivity contribution in [2.24, 2.45) is 5.73 Å². The highest BCUT2D eigenvalue weighted by molar-refractivity contribution is 9.10. The molecular weight excluding hydrogens is 218 g/mol. The molecule has 2 nitrogen and oxygen atoms in total. The summed E-state index contributed by atoms with van der Waals surface area (Å²) in [6.07, 6.45) is 0. The van der Waals surface area contributed by atoms with Crippen LogP contribution >= 0.6 is 15.9 Å². The van der Waals surface area contributed by atoms with Gasteiger partial charge in [-0.25, -0.2) is 0 Å². The number of hydrogen-bond acceptors (Lipinski definition) is 2. The van der Waals surface area contributed by atoms with Gasteiger partial charge in [0.2, 0.25) is 0 Å². The number of halogens is 1. The molecule has 2 N–H and O–H groups in total. The van der Waals surface area contributed by atoms with E-state index < -0.39 is 0 Å². The first kappa shape index (κ1) is 9.55. The van der Waals surface area contributed by atoms with Crippen molar-refractivity contribution in [2.45, 2.75) is 13.0 Å². The van der Waals surface area contributed by atoms with Gasteiger partial charge in [-0.1, -0.05) is 6.07 Å². The highest BCUT2D eigenvalue weighted by Crippen LogP contribution is 2.27. The van der Waals surface area contributed by atoms with Gasteiger partial charge in [-0.2, -0.15) is 0 Å². The van der Waals surface area contributed by atoms with E-state index in [9.17, 15) is 0 Å². The number of benzene rings is 1. The Bertz CT molecular complexity index is 273. The Morgan fingerprint density at radius 2 is 2.17 bits per heavy atom. The van der Waals surface area contributed by atoms with Crippen molar-refractivity contribution in [2.75, 3.05) is 7.11 Å². The third-order valence-corrected chi connectivity index (χ3v) is 2.36. The van der Waals surface area contributed by atoms with Crippen LogP contribution in [0.5, 0.6) is 5.75 Å². The quantitative estimate of drug-likeness (QED) is 0.846. The number of methoxy groups -OCH3 is 1. The molecule has 1 aromatic carbocycles. The summed E-state index contributed by atoms with van der Waals surface area (Å²) in [4.78, 5) is 0. The number of rotatable bonds is 2. The Kier molecular flexibility index (Phi) is 3.12. The predicted octanol–water partition coefficient (Wildman–Crippen LogP) is 2.48. The summed E-state index contributed by atoms with van der Waals surface area (Å²) in [5, 5.41) is 0. The summed E-state index contributed by atoms with van der Waals surface area (Å²) in [5.41, 5.74) is 6.80. The molecule has 12 heavy (non-hydrogen) atoms. The largest absolute Gasteiger partial charge is 0.496 e. The molecular formula is C9H12BrNO. The lowest BCUT2D eigenvalue weighted by Crippen LogP contribution is -2.04. The lowest BCUT2D eigenvalue weighted by Gasteiger charge is -2.08. The van der Waals surface area contributed by atoms with Gasteiger partial charge in [0.1, 0.15) is 5.75 Å². The maximum atomic E-state index is 5.72. The Morgan fingerprint density at radius 3 is 2.67 bits per heavy atom. The van der Waals surface area contributed by atoms with Crippen LogP contribution in [0.2, 0.25) is 0 Å². The summed E-state index contributed by atoms with van der Waals surface area (Å²) in [5.74, 6) is 0.824. The average Bonchev–Trinajstić information content (AvgIpc) is 2.05. The lowest BCUT2D eigenvalue weighted by molar-refractivity contribution is 0.411. The van der Waals surface area contributed by atoms with E-state index in [2.05, 4.69) is 15.9 Å². The van der Waals surface area contributed by atoms with Gasteiger partial charge in [0.05, 0.1) is 11.6 Å². The SMILES string of the molecule is COc1cc(C(C)N)ccc1Br. The van der Waals surface area contributed by atoms with Gasteiger partial charge in [-0.15, -0.1) is 0 Å². The van der Waals surface area contributed by atoms with E-state index in [4.69, 9.17) is 10.5 Å². The average molecular weight is 230 g/mol. The van der Waals surface area contributed by atoms with Gasteiger partial charge < -0.3 is 10.5 Å². The van der Waals surface area contributed by atoms with E-state index in [-0.39, 0.29) is 6.04 Å². The van der Waals surface area contributed by atoms with Crippen molar-refractivity contribution >= 4 is 15.9 Å². The molecule has 0 heterocycles.